The Bertz CT molecular complexity index is 165. The van der Waals surface area contributed by atoms with Gasteiger partial charge in [-0.15, -0.1) is 0 Å². The molecule has 1 aliphatic rings. The third-order valence-electron chi connectivity index (χ3n) is 1.96. The van der Waals surface area contributed by atoms with Crippen molar-refractivity contribution in [1.82, 2.24) is 10.3 Å². The fourth-order valence-corrected chi connectivity index (χ4v) is 2.40. The maximum Gasteiger partial charge on any atom is 0.331 e. The molecule has 4 nitrogen and oxygen atoms in total. The molecule has 3 N–H and O–H groups in total. The van der Waals surface area contributed by atoms with Gasteiger partial charge in [0, 0.05) is 18.3 Å². The van der Waals surface area contributed by atoms with Crippen LogP contribution in [0.25, 0.3) is 0 Å². The zero-order valence-corrected chi connectivity index (χ0v) is 8.06. The molecule has 0 saturated carbocycles. The summed E-state index contributed by atoms with van der Waals surface area (Å²) in [6.07, 6.45) is 1.09. The maximum atomic E-state index is 11.0. The van der Waals surface area contributed by atoms with E-state index in [1.807, 2.05) is 11.8 Å². The number of nitrogens with one attached hydrogen (secondary N) is 1. The SMILES string of the molecule is CCSC1CCN(C(=O)NN)C1. The predicted octanol–water partition coefficient (Wildman–Crippen LogP) is 0.397. The van der Waals surface area contributed by atoms with Gasteiger partial charge < -0.3 is 4.90 Å². The molecule has 2 amide bonds. The second-order valence-corrected chi connectivity index (χ2v) is 4.34. The molecule has 1 heterocycles. The lowest BCUT2D eigenvalue weighted by Gasteiger charge is -2.14. The second-order valence-electron chi connectivity index (χ2n) is 2.76. The van der Waals surface area contributed by atoms with E-state index in [1.54, 1.807) is 4.90 Å². The summed E-state index contributed by atoms with van der Waals surface area (Å²) in [5.41, 5.74) is 2.15. The maximum absolute atomic E-state index is 11.0. The summed E-state index contributed by atoms with van der Waals surface area (Å²) in [6.45, 7) is 3.80. The van der Waals surface area contributed by atoms with Gasteiger partial charge in [0.1, 0.15) is 0 Å². The van der Waals surface area contributed by atoms with Crippen LogP contribution in [0.2, 0.25) is 0 Å². The molecule has 12 heavy (non-hydrogen) atoms. The zero-order valence-electron chi connectivity index (χ0n) is 7.25. The van der Waals surface area contributed by atoms with Crippen LogP contribution in [0.4, 0.5) is 4.79 Å². The number of likely N-dealkylation sites (tertiary alicyclic amines) is 1. The Hall–Kier alpha value is -0.420. The van der Waals surface area contributed by atoms with Gasteiger partial charge in [0.15, 0.2) is 0 Å². The minimum absolute atomic E-state index is 0.158. The van der Waals surface area contributed by atoms with Crippen molar-refractivity contribution >= 4 is 17.8 Å². The highest BCUT2D eigenvalue weighted by atomic mass is 32.2. The van der Waals surface area contributed by atoms with E-state index in [2.05, 4.69) is 12.3 Å². The van der Waals surface area contributed by atoms with Gasteiger partial charge >= 0.3 is 6.03 Å². The Morgan fingerprint density at radius 1 is 1.83 bits per heavy atom. The van der Waals surface area contributed by atoms with Crippen LogP contribution in [-0.2, 0) is 0 Å². The lowest BCUT2D eigenvalue weighted by molar-refractivity contribution is 0.209. The number of hydrogen-bond acceptors (Lipinski definition) is 3. The molecule has 1 fully saturated rings. The molecule has 0 aliphatic carbocycles. The molecule has 0 aromatic heterocycles. The van der Waals surface area contributed by atoms with Crippen LogP contribution in [0.5, 0.6) is 0 Å². The van der Waals surface area contributed by atoms with Crippen LogP contribution < -0.4 is 11.3 Å². The Kier molecular flexibility index (Phi) is 3.68. The number of rotatable bonds is 2. The number of urea groups is 1. The average molecular weight is 189 g/mol. The van der Waals surface area contributed by atoms with E-state index >= 15 is 0 Å². The van der Waals surface area contributed by atoms with Crippen molar-refractivity contribution in [3.8, 4) is 0 Å². The molecule has 1 atom stereocenters. The highest BCUT2D eigenvalue weighted by Crippen LogP contribution is 2.21. The van der Waals surface area contributed by atoms with Crippen molar-refractivity contribution in [2.75, 3.05) is 18.8 Å². The Morgan fingerprint density at radius 3 is 3.17 bits per heavy atom. The predicted molar refractivity (Wildman–Crippen MR) is 50.8 cm³/mol. The molecule has 0 aromatic carbocycles. The third kappa shape index (κ3) is 2.28. The number of nitrogens with zero attached hydrogens (tertiary/aromatic N) is 1. The van der Waals surface area contributed by atoms with Crippen LogP contribution in [0.1, 0.15) is 13.3 Å². The molecule has 0 aromatic rings. The van der Waals surface area contributed by atoms with E-state index in [1.165, 1.54) is 0 Å². The fourth-order valence-electron chi connectivity index (χ4n) is 1.38. The number of hydrazine groups is 1. The summed E-state index contributed by atoms with van der Waals surface area (Å²) in [4.78, 5) is 12.8. The van der Waals surface area contributed by atoms with Crippen molar-refractivity contribution < 1.29 is 4.79 Å². The van der Waals surface area contributed by atoms with Crippen molar-refractivity contribution in [2.24, 2.45) is 5.84 Å². The van der Waals surface area contributed by atoms with E-state index in [0.29, 0.717) is 5.25 Å². The minimum atomic E-state index is -0.158. The monoisotopic (exact) mass is 189 g/mol. The number of hydrogen-bond donors (Lipinski definition) is 2. The number of thioether (sulfide) groups is 1. The fraction of sp³-hybridized carbons (Fsp3) is 0.857. The summed E-state index contributed by atoms with van der Waals surface area (Å²) in [5, 5.41) is 0.604. The number of nitrogens with two attached hydrogens (primary N) is 1. The van der Waals surface area contributed by atoms with Gasteiger partial charge in [-0.05, 0) is 12.2 Å². The van der Waals surface area contributed by atoms with Gasteiger partial charge in [-0.25, -0.2) is 10.6 Å². The molecule has 0 radical (unpaired) electrons. The van der Waals surface area contributed by atoms with Crippen molar-refractivity contribution in [3.05, 3.63) is 0 Å². The summed E-state index contributed by atoms with van der Waals surface area (Å²) < 4.78 is 0. The van der Waals surface area contributed by atoms with E-state index in [0.717, 1.165) is 25.3 Å². The second kappa shape index (κ2) is 4.57. The molecule has 5 heteroatoms. The standard InChI is InChI=1S/C7H15N3OS/c1-2-12-6-3-4-10(5-6)7(11)9-8/h6H,2-5,8H2,1H3,(H,9,11). The largest absolute Gasteiger partial charge is 0.331 e. The van der Waals surface area contributed by atoms with Gasteiger partial charge in [0.25, 0.3) is 0 Å². The molecular formula is C7H15N3OS. The summed E-state index contributed by atoms with van der Waals surface area (Å²) >= 11 is 1.91. The molecule has 70 valence electrons. The topological polar surface area (TPSA) is 58.4 Å². The minimum Gasteiger partial charge on any atom is -0.323 e. The van der Waals surface area contributed by atoms with Crippen LogP contribution in [0, 0.1) is 0 Å². The highest BCUT2D eigenvalue weighted by Gasteiger charge is 2.25. The third-order valence-corrected chi connectivity index (χ3v) is 3.15. The Labute approximate surface area is 76.8 Å². The van der Waals surface area contributed by atoms with E-state index in [4.69, 9.17) is 5.84 Å². The molecule has 0 bridgehead atoms. The van der Waals surface area contributed by atoms with E-state index in [-0.39, 0.29) is 6.03 Å². The highest BCUT2D eigenvalue weighted by molar-refractivity contribution is 7.99. The van der Waals surface area contributed by atoms with Gasteiger partial charge in [-0.3, -0.25) is 5.43 Å². The first-order chi connectivity index (χ1) is 5.77. The molecule has 1 unspecified atom stereocenters. The van der Waals surface area contributed by atoms with Crippen molar-refractivity contribution in [1.29, 1.82) is 0 Å². The van der Waals surface area contributed by atoms with Crippen LogP contribution in [0.15, 0.2) is 0 Å². The normalized spacial score (nSPS) is 22.8. The average Bonchev–Trinajstić information content (AvgIpc) is 2.52. The molecular weight excluding hydrogens is 174 g/mol. The lowest BCUT2D eigenvalue weighted by atomic mass is 10.4. The van der Waals surface area contributed by atoms with Crippen LogP contribution in [-0.4, -0.2) is 35.0 Å². The van der Waals surface area contributed by atoms with Gasteiger partial charge in [-0.1, -0.05) is 6.92 Å². The first-order valence-corrected chi connectivity index (χ1v) is 5.20. The van der Waals surface area contributed by atoms with Crippen LogP contribution >= 0.6 is 11.8 Å². The zero-order chi connectivity index (χ0) is 8.97. The molecule has 1 saturated heterocycles. The molecule has 1 rings (SSSR count). The molecule has 0 spiro atoms. The summed E-state index contributed by atoms with van der Waals surface area (Å²) in [5.74, 6) is 6.14. The lowest BCUT2D eigenvalue weighted by Crippen LogP contribution is -2.42. The number of carbonyl (C=O) groups excluding carboxylic acids is 1. The van der Waals surface area contributed by atoms with Gasteiger partial charge in [-0.2, -0.15) is 11.8 Å². The first kappa shape index (κ1) is 9.67. The molecule has 1 aliphatic heterocycles. The van der Waals surface area contributed by atoms with Gasteiger partial charge in [0.2, 0.25) is 0 Å². The smallest absolute Gasteiger partial charge is 0.323 e. The summed E-state index contributed by atoms with van der Waals surface area (Å²) in [6, 6.07) is -0.158. The van der Waals surface area contributed by atoms with E-state index < -0.39 is 0 Å². The van der Waals surface area contributed by atoms with Crippen molar-refractivity contribution in [3.63, 3.8) is 0 Å². The van der Waals surface area contributed by atoms with Gasteiger partial charge in [0.05, 0.1) is 0 Å². The Balaban J connectivity index is 2.30. The van der Waals surface area contributed by atoms with Crippen LogP contribution in [0.3, 0.4) is 0 Å². The Morgan fingerprint density at radius 2 is 2.58 bits per heavy atom. The first-order valence-electron chi connectivity index (χ1n) is 4.15. The van der Waals surface area contributed by atoms with E-state index in [9.17, 15) is 4.79 Å². The number of carbonyl (C=O) groups is 1. The quantitative estimate of drug-likeness (QED) is 0.375. The van der Waals surface area contributed by atoms with Crippen molar-refractivity contribution in [2.45, 2.75) is 18.6 Å². The summed E-state index contributed by atoms with van der Waals surface area (Å²) in [7, 11) is 0. The number of amides is 2.